The third-order valence-corrected chi connectivity index (χ3v) is 2.83. The lowest BCUT2D eigenvalue weighted by atomic mass is 10.1. The maximum absolute atomic E-state index is 5.89. The molecule has 0 aromatic heterocycles. The van der Waals surface area contributed by atoms with Gasteiger partial charge in [0, 0.05) is 9.92 Å². The van der Waals surface area contributed by atoms with Gasteiger partial charge in [-0.3, -0.25) is 0 Å². The normalized spacial score (nSPS) is 10.7. The number of benzene rings is 2. The molecule has 0 aliphatic rings. The molecule has 2 aromatic carbocycles. The highest BCUT2D eigenvalue weighted by Crippen LogP contribution is 2.24. The molecule has 0 atom stereocenters. The summed E-state index contributed by atoms with van der Waals surface area (Å²) in [6.07, 6.45) is 0. The Bertz CT molecular complexity index is 463. The first-order valence-corrected chi connectivity index (χ1v) is 4.88. The van der Waals surface area contributed by atoms with Crippen molar-refractivity contribution in [1.82, 2.24) is 0 Å². The molecular weight excluding hydrogens is 200 g/mol. The standard InChI is InChI=1S/C11H9ClS/c1-7-4-9-5-10(12)3-2-8(9)6-11(7)13/h2-6,13H,1H3. The molecule has 0 saturated carbocycles. The summed E-state index contributed by atoms with van der Waals surface area (Å²) >= 11 is 10.3. The van der Waals surface area contributed by atoms with Gasteiger partial charge in [0.05, 0.1) is 0 Å². The molecule has 0 nitrogen and oxygen atoms in total. The summed E-state index contributed by atoms with van der Waals surface area (Å²) in [6, 6.07) is 10.0. The first kappa shape index (κ1) is 8.92. The molecule has 0 amide bonds. The van der Waals surface area contributed by atoms with Crippen molar-refractivity contribution in [1.29, 1.82) is 0 Å². The van der Waals surface area contributed by atoms with Crippen molar-refractivity contribution in [3.8, 4) is 0 Å². The SMILES string of the molecule is Cc1cc2cc(Cl)ccc2cc1S. The average Bonchev–Trinajstić information content (AvgIpc) is 2.08. The molecule has 0 heterocycles. The zero-order chi connectivity index (χ0) is 9.42. The molecule has 66 valence electrons. The van der Waals surface area contributed by atoms with Crippen LogP contribution in [-0.2, 0) is 0 Å². The van der Waals surface area contributed by atoms with Crippen LogP contribution >= 0.6 is 24.2 Å². The van der Waals surface area contributed by atoms with Crippen molar-refractivity contribution in [2.45, 2.75) is 11.8 Å². The van der Waals surface area contributed by atoms with Crippen molar-refractivity contribution in [2.75, 3.05) is 0 Å². The Hall–Kier alpha value is -0.660. The fourth-order valence-electron chi connectivity index (χ4n) is 1.37. The first-order valence-electron chi connectivity index (χ1n) is 4.06. The van der Waals surface area contributed by atoms with Crippen molar-refractivity contribution < 1.29 is 0 Å². The van der Waals surface area contributed by atoms with Crippen LogP contribution in [0.15, 0.2) is 35.2 Å². The smallest absolute Gasteiger partial charge is 0.0412 e. The second kappa shape index (κ2) is 3.24. The third kappa shape index (κ3) is 1.67. The van der Waals surface area contributed by atoms with E-state index < -0.39 is 0 Å². The van der Waals surface area contributed by atoms with Crippen LogP contribution in [0.2, 0.25) is 5.02 Å². The third-order valence-electron chi connectivity index (χ3n) is 2.12. The summed E-state index contributed by atoms with van der Waals surface area (Å²) in [5.41, 5.74) is 1.18. The molecule has 0 spiro atoms. The number of hydrogen-bond donors (Lipinski definition) is 1. The van der Waals surface area contributed by atoms with Crippen LogP contribution in [0.25, 0.3) is 10.8 Å². The highest BCUT2D eigenvalue weighted by Gasteiger charge is 1.98. The zero-order valence-corrected chi connectivity index (χ0v) is 8.86. The van der Waals surface area contributed by atoms with E-state index in [2.05, 4.69) is 24.8 Å². The molecule has 2 aromatic rings. The fourth-order valence-corrected chi connectivity index (χ4v) is 1.75. The van der Waals surface area contributed by atoms with Gasteiger partial charge in [-0.25, -0.2) is 0 Å². The fraction of sp³-hybridized carbons (Fsp3) is 0.0909. The number of aryl methyl sites for hydroxylation is 1. The molecule has 0 fully saturated rings. The molecule has 0 bridgehead atoms. The topological polar surface area (TPSA) is 0 Å². The van der Waals surface area contributed by atoms with Gasteiger partial charge in [0.15, 0.2) is 0 Å². The van der Waals surface area contributed by atoms with Gasteiger partial charge in [0.25, 0.3) is 0 Å². The molecule has 0 radical (unpaired) electrons. The first-order chi connectivity index (χ1) is 6.16. The van der Waals surface area contributed by atoms with E-state index in [4.69, 9.17) is 11.6 Å². The largest absolute Gasteiger partial charge is 0.143 e. The molecule has 0 aliphatic heterocycles. The maximum Gasteiger partial charge on any atom is 0.0412 e. The number of fused-ring (bicyclic) bond motifs is 1. The van der Waals surface area contributed by atoms with Crippen molar-refractivity contribution in [3.63, 3.8) is 0 Å². The molecule has 0 saturated heterocycles. The molecule has 2 heteroatoms. The van der Waals surface area contributed by atoms with E-state index in [1.807, 2.05) is 25.1 Å². The van der Waals surface area contributed by atoms with Gasteiger partial charge in [-0.15, -0.1) is 12.6 Å². The minimum absolute atomic E-state index is 0.777. The predicted molar refractivity (Wildman–Crippen MR) is 60.9 cm³/mol. The quantitative estimate of drug-likeness (QED) is 0.620. The van der Waals surface area contributed by atoms with Gasteiger partial charge in [0.2, 0.25) is 0 Å². The second-order valence-corrected chi connectivity index (χ2v) is 4.05. The number of rotatable bonds is 0. The highest BCUT2D eigenvalue weighted by molar-refractivity contribution is 7.80. The van der Waals surface area contributed by atoms with E-state index in [0.717, 1.165) is 9.92 Å². The summed E-state index contributed by atoms with van der Waals surface area (Å²) in [6.45, 7) is 2.04. The lowest BCUT2D eigenvalue weighted by Crippen LogP contribution is -1.78. The van der Waals surface area contributed by atoms with Crippen molar-refractivity contribution in [3.05, 3.63) is 40.9 Å². The van der Waals surface area contributed by atoms with Gasteiger partial charge in [-0.05, 0) is 41.5 Å². The van der Waals surface area contributed by atoms with Crippen LogP contribution in [-0.4, -0.2) is 0 Å². The van der Waals surface area contributed by atoms with E-state index in [9.17, 15) is 0 Å². The van der Waals surface area contributed by atoms with Crippen LogP contribution in [0.4, 0.5) is 0 Å². The van der Waals surface area contributed by atoms with Gasteiger partial charge >= 0.3 is 0 Å². The van der Waals surface area contributed by atoms with Crippen LogP contribution in [0.5, 0.6) is 0 Å². The average molecular weight is 209 g/mol. The lowest BCUT2D eigenvalue weighted by molar-refractivity contribution is 1.34. The van der Waals surface area contributed by atoms with E-state index in [1.54, 1.807) is 0 Å². The van der Waals surface area contributed by atoms with Gasteiger partial charge in [-0.2, -0.15) is 0 Å². The summed E-state index contributed by atoms with van der Waals surface area (Å²) in [5, 5.41) is 3.13. The molecule has 13 heavy (non-hydrogen) atoms. The summed E-state index contributed by atoms with van der Waals surface area (Å²) < 4.78 is 0. The Morgan fingerprint density at radius 1 is 1.08 bits per heavy atom. The minimum atomic E-state index is 0.777. The van der Waals surface area contributed by atoms with Gasteiger partial charge in [0.1, 0.15) is 0 Å². The van der Waals surface area contributed by atoms with Crippen molar-refractivity contribution in [2.24, 2.45) is 0 Å². The van der Waals surface area contributed by atoms with E-state index in [-0.39, 0.29) is 0 Å². The predicted octanol–water partition coefficient (Wildman–Crippen LogP) is 4.09. The number of halogens is 1. The van der Waals surface area contributed by atoms with Crippen LogP contribution in [0, 0.1) is 6.92 Å². The van der Waals surface area contributed by atoms with Crippen LogP contribution < -0.4 is 0 Å². The second-order valence-electron chi connectivity index (χ2n) is 3.13. The van der Waals surface area contributed by atoms with Gasteiger partial charge in [-0.1, -0.05) is 23.7 Å². The molecule has 0 aliphatic carbocycles. The summed E-state index contributed by atoms with van der Waals surface area (Å²) in [4.78, 5) is 1.02. The summed E-state index contributed by atoms with van der Waals surface area (Å²) in [5.74, 6) is 0. The van der Waals surface area contributed by atoms with E-state index >= 15 is 0 Å². The van der Waals surface area contributed by atoms with E-state index in [0.29, 0.717) is 0 Å². The number of hydrogen-bond acceptors (Lipinski definition) is 1. The van der Waals surface area contributed by atoms with Crippen molar-refractivity contribution >= 4 is 35.0 Å². The lowest BCUT2D eigenvalue weighted by Gasteiger charge is -2.03. The Balaban J connectivity index is 2.81. The number of thiol groups is 1. The Morgan fingerprint density at radius 2 is 1.85 bits per heavy atom. The molecule has 0 unspecified atom stereocenters. The summed E-state index contributed by atoms with van der Waals surface area (Å²) in [7, 11) is 0. The molecule has 2 rings (SSSR count). The monoisotopic (exact) mass is 208 g/mol. The highest BCUT2D eigenvalue weighted by atomic mass is 35.5. The molecule has 0 N–H and O–H groups in total. The van der Waals surface area contributed by atoms with E-state index in [1.165, 1.54) is 16.3 Å². The Morgan fingerprint density at radius 3 is 2.62 bits per heavy atom. The zero-order valence-electron chi connectivity index (χ0n) is 7.21. The minimum Gasteiger partial charge on any atom is -0.143 e. The Labute approximate surface area is 87.9 Å². The van der Waals surface area contributed by atoms with Gasteiger partial charge < -0.3 is 0 Å². The van der Waals surface area contributed by atoms with Crippen LogP contribution in [0.1, 0.15) is 5.56 Å². The van der Waals surface area contributed by atoms with Crippen LogP contribution in [0.3, 0.4) is 0 Å². The maximum atomic E-state index is 5.89. The Kier molecular flexibility index (Phi) is 2.22. The molecular formula is C11H9ClS.